The second-order valence-electron chi connectivity index (χ2n) is 5.03. The van der Waals surface area contributed by atoms with Gasteiger partial charge in [0.05, 0.1) is 11.9 Å². The maximum Gasteiger partial charge on any atom is 0.270 e. The Labute approximate surface area is 101 Å². The molecule has 1 fully saturated rings. The zero-order valence-electron chi connectivity index (χ0n) is 10.2. The van der Waals surface area contributed by atoms with Crippen LogP contribution in [0, 0.1) is 5.92 Å². The second-order valence-corrected chi connectivity index (χ2v) is 5.03. The molecule has 1 aromatic heterocycles. The number of hydrazine groups is 1. The number of anilines is 1. The molecule has 4 N–H and O–H groups in total. The summed E-state index contributed by atoms with van der Waals surface area (Å²) < 4.78 is 0. The van der Waals surface area contributed by atoms with Crippen LogP contribution in [0.4, 0.5) is 5.69 Å². The molecule has 92 valence electrons. The summed E-state index contributed by atoms with van der Waals surface area (Å²) in [5, 5.41) is 3.02. The van der Waals surface area contributed by atoms with Crippen LogP contribution in [-0.2, 0) is 0 Å². The van der Waals surface area contributed by atoms with Crippen LogP contribution in [0.2, 0.25) is 0 Å². The van der Waals surface area contributed by atoms with Gasteiger partial charge in [0.1, 0.15) is 5.69 Å². The van der Waals surface area contributed by atoms with E-state index < -0.39 is 0 Å². The minimum atomic E-state index is -0.149. The van der Waals surface area contributed by atoms with E-state index >= 15 is 0 Å². The number of nitrogens with zero attached hydrogens (tertiary/aromatic N) is 1. The van der Waals surface area contributed by atoms with E-state index in [1.165, 1.54) is 12.8 Å². The molecule has 1 heterocycles. The highest BCUT2D eigenvalue weighted by atomic mass is 16.2. The second kappa shape index (κ2) is 4.33. The molecule has 1 aromatic rings. The van der Waals surface area contributed by atoms with Gasteiger partial charge in [0.2, 0.25) is 0 Å². The Balaban J connectivity index is 2.03. The summed E-state index contributed by atoms with van der Waals surface area (Å²) in [6.45, 7) is 4.11. The number of aromatic nitrogens is 1. The lowest BCUT2D eigenvalue weighted by Gasteiger charge is -2.25. The maximum atomic E-state index is 12.0. The summed E-state index contributed by atoms with van der Waals surface area (Å²) in [4.78, 5) is 16.0. The molecule has 2 rings (SSSR count). The highest BCUT2D eigenvalue weighted by Gasteiger charge is 2.38. The molecule has 0 unspecified atom stereocenters. The molecule has 5 nitrogen and oxygen atoms in total. The van der Waals surface area contributed by atoms with E-state index in [1.54, 1.807) is 18.3 Å². The number of pyridine rings is 1. The molecule has 0 aliphatic heterocycles. The van der Waals surface area contributed by atoms with Crippen molar-refractivity contribution in [3.63, 3.8) is 0 Å². The predicted molar refractivity (Wildman–Crippen MR) is 66.3 cm³/mol. The monoisotopic (exact) mass is 234 g/mol. The van der Waals surface area contributed by atoms with E-state index in [0.717, 1.165) is 0 Å². The molecule has 0 atom stereocenters. The van der Waals surface area contributed by atoms with Crippen molar-refractivity contribution in [1.29, 1.82) is 0 Å². The fraction of sp³-hybridized carbons (Fsp3) is 0.500. The smallest absolute Gasteiger partial charge is 0.270 e. The van der Waals surface area contributed by atoms with Gasteiger partial charge in [-0.15, -0.1) is 0 Å². The van der Waals surface area contributed by atoms with Gasteiger partial charge in [0.15, 0.2) is 0 Å². The first-order chi connectivity index (χ1) is 8.03. The van der Waals surface area contributed by atoms with Crippen LogP contribution in [0.3, 0.4) is 0 Å². The average Bonchev–Trinajstić information content (AvgIpc) is 3.12. The Hall–Kier alpha value is -1.62. The van der Waals surface area contributed by atoms with Gasteiger partial charge in [0, 0.05) is 5.54 Å². The molecule has 1 amide bonds. The fourth-order valence-electron chi connectivity index (χ4n) is 1.88. The van der Waals surface area contributed by atoms with E-state index in [2.05, 4.69) is 29.6 Å². The van der Waals surface area contributed by atoms with Crippen molar-refractivity contribution < 1.29 is 4.79 Å². The molecule has 0 bridgehead atoms. The summed E-state index contributed by atoms with van der Waals surface area (Å²) >= 11 is 0. The van der Waals surface area contributed by atoms with Gasteiger partial charge < -0.3 is 10.7 Å². The average molecular weight is 234 g/mol. The third-order valence-corrected chi connectivity index (χ3v) is 3.20. The lowest BCUT2D eigenvalue weighted by atomic mass is 9.98. The quantitative estimate of drug-likeness (QED) is 0.541. The van der Waals surface area contributed by atoms with Crippen LogP contribution in [0.5, 0.6) is 0 Å². The minimum absolute atomic E-state index is 0.134. The Morgan fingerprint density at radius 1 is 1.47 bits per heavy atom. The number of nitrogens with two attached hydrogens (primary N) is 1. The molecule has 1 aliphatic carbocycles. The first kappa shape index (κ1) is 11.9. The summed E-state index contributed by atoms with van der Waals surface area (Å²) in [6, 6.07) is 3.39. The topological polar surface area (TPSA) is 80.0 Å². The van der Waals surface area contributed by atoms with Crippen molar-refractivity contribution in [2.24, 2.45) is 11.8 Å². The lowest BCUT2D eigenvalue weighted by molar-refractivity contribution is 0.0898. The Kier molecular flexibility index (Phi) is 3.02. The number of amides is 1. The van der Waals surface area contributed by atoms with Crippen LogP contribution >= 0.6 is 0 Å². The third-order valence-electron chi connectivity index (χ3n) is 3.20. The summed E-state index contributed by atoms with van der Waals surface area (Å²) in [7, 11) is 0. The summed E-state index contributed by atoms with van der Waals surface area (Å²) in [5.41, 5.74) is 3.42. The normalized spacial score (nSPS) is 15.5. The number of nitrogen functional groups attached to an aromatic ring is 1. The molecule has 0 spiro atoms. The number of hydrogen-bond acceptors (Lipinski definition) is 4. The number of rotatable bonds is 4. The van der Waals surface area contributed by atoms with Crippen LogP contribution < -0.4 is 16.6 Å². The number of hydrogen-bond donors (Lipinski definition) is 3. The largest absolute Gasteiger partial charge is 0.346 e. The molecular formula is C12H18N4O. The molecule has 0 radical (unpaired) electrons. The van der Waals surface area contributed by atoms with Gasteiger partial charge in [-0.05, 0) is 44.7 Å². The van der Waals surface area contributed by atoms with E-state index in [4.69, 9.17) is 5.84 Å². The van der Waals surface area contributed by atoms with Crippen molar-refractivity contribution in [2.45, 2.75) is 32.2 Å². The van der Waals surface area contributed by atoms with E-state index in [0.29, 0.717) is 17.3 Å². The Bertz CT molecular complexity index is 409. The van der Waals surface area contributed by atoms with Crippen LogP contribution in [0.15, 0.2) is 18.3 Å². The molecule has 0 aromatic carbocycles. The van der Waals surface area contributed by atoms with Crippen molar-refractivity contribution in [3.8, 4) is 0 Å². The van der Waals surface area contributed by atoms with Gasteiger partial charge in [-0.1, -0.05) is 0 Å². The highest BCUT2D eigenvalue weighted by Crippen LogP contribution is 2.39. The standard InChI is InChI=1S/C12H18N4O/c1-12(2,8-3-4-8)15-11(17)10-6-5-9(16-13)7-14-10/h5-8,16H,3-4,13H2,1-2H3,(H,15,17). The zero-order chi connectivity index (χ0) is 12.5. The van der Waals surface area contributed by atoms with E-state index in [9.17, 15) is 4.79 Å². The van der Waals surface area contributed by atoms with Gasteiger partial charge in [-0.3, -0.25) is 10.6 Å². The predicted octanol–water partition coefficient (Wildman–Crippen LogP) is 1.29. The maximum absolute atomic E-state index is 12.0. The van der Waals surface area contributed by atoms with Crippen LogP contribution in [0.1, 0.15) is 37.2 Å². The van der Waals surface area contributed by atoms with E-state index in [-0.39, 0.29) is 11.4 Å². The SMILES string of the molecule is CC(C)(NC(=O)c1ccc(NN)cn1)C1CC1. The first-order valence-electron chi connectivity index (χ1n) is 5.78. The van der Waals surface area contributed by atoms with Gasteiger partial charge in [0.25, 0.3) is 5.91 Å². The molecule has 0 saturated heterocycles. The third kappa shape index (κ3) is 2.74. The lowest BCUT2D eigenvalue weighted by Crippen LogP contribution is -2.45. The van der Waals surface area contributed by atoms with Crippen LogP contribution in [0.25, 0.3) is 0 Å². The zero-order valence-corrected chi connectivity index (χ0v) is 10.2. The van der Waals surface area contributed by atoms with Crippen molar-refractivity contribution in [2.75, 3.05) is 5.43 Å². The molecule has 17 heavy (non-hydrogen) atoms. The first-order valence-corrected chi connectivity index (χ1v) is 5.78. The number of carbonyl (C=O) groups excluding carboxylic acids is 1. The minimum Gasteiger partial charge on any atom is -0.346 e. The van der Waals surface area contributed by atoms with Crippen molar-refractivity contribution in [3.05, 3.63) is 24.0 Å². The molecule has 5 heteroatoms. The molecule has 1 saturated carbocycles. The molecular weight excluding hydrogens is 216 g/mol. The number of carbonyl (C=O) groups is 1. The summed E-state index contributed by atoms with van der Waals surface area (Å²) in [6.07, 6.45) is 3.92. The fourth-order valence-corrected chi connectivity index (χ4v) is 1.88. The van der Waals surface area contributed by atoms with Crippen molar-refractivity contribution >= 4 is 11.6 Å². The molecule has 1 aliphatic rings. The summed E-state index contributed by atoms with van der Waals surface area (Å²) in [5.74, 6) is 5.70. The van der Waals surface area contributed by atoms with Gasteiger partial charge in [-0.25, -0.2) is 4.98 Å². The van der Waals surface area contributed by atoms with Crippen LogP contribution in [-0.4, -0.2) is 16.4 Å². The Morgan fingerprint density at radius 3 is 2.65 bits per heavy atom. The Morgan fingerprint density at radius 2 is 2.18 bits per heavy atom. The van der Waals surface area contributed by atoms with E-state index in [1.807, 2.05) is 0 Å². The van der Waals surface area contributed by atoms with Crippen molar-refractivity contribution in [1.82, 2.24) is 10.3 Å². The number of nitrogens with one attached hydrogen (secondary N) is 2. The van der Waals surface area contributed by atoms with Gasteiger partial charge >= 0.3 is 0 Å². The van der Waals surface area contributed by atoms with Gasteiger partial charge in [-0.2, -0.15) is 0 Å². The highest BCUT2D eigenvalue weighted by molar-refractivity contribution is 5.93.